The number of halogens is 4. The summed E-state index contributed by atoms with van der Waals surface area (Å²) in [6.45, 7) is 0.532. The van der Waals surface area contributed by atoms with Gasteiger partial charge in [-0.2, -0.15) is 13.2 Å². The van der Waals surface area contributed by atoms with E-state index >= 15 is 0 Å². The van der Waals surface area contributed by atoms with Crippen LogP contribution in [0.4, 0.5) is 17.6 Å². The fraction of sp³-hybridized carbons (Fsp3) is 0.350. The van der Waals surface area contributed by atoms with Crippen molar-refractivity contribution in [2.45, 2.75) is 24.9 Å². The van der Waals surface area contributed by atoms with E-state index in [1.54, 1.807) is 6.07 Å². The molecule has 2 aromatic carbocycles. The van der Waals surface area contributed by atoms with Crippen LogP contribution in [-0.4, -0.2) is 37.2 Å². The number of hydrogen-bond acceptors (Lipinski definition) is 2. The predicted molar refractivity (Wildman–Crippen MR) is 94.0 cm³/mol. The first kappa shape index (κ1) is 20.7. The predicted octanol–water partition coefficient (Wildman–Crippen LogP) is 4.79. The molecule has 0 bridgehead atoms. The molecule has 0 fully saturated rings. The molecule has 0 aromatic heterocycles. The third-order valence-corrected chi connectivity index (χ3v) is 4.12. The van der Waals surface area contributed by atoms with Crippen LogP contribution in [0.1, 0.15) is 24.3 Å². The van der Waals surface area contributed by atoms with Gasteiger partial charge in [-0.15, -0.1) is 0 Å². The van der Waals surface area contributed by atoms with Crippen molar-refractivity contribution in [2.75, 3.05) is 20.2 Å². The highest BCUT2D eigenvalue weighted by molar-refractivity contribution is 5.77. The van der Waals surface area contributed by atoms with Crippen molar-refractivity contribution in [1.82, 2.24) is 4.90 Å². The Morgan fingerprint density at radius 3 is 2.30 bits per heavy atom. The number of benzene rings is 2. The van der Waals surface area contributed by atoms with Gasteiger partial charge in [0.05, 0.1) is 12.5 Å². The first-order valence-corrected chi connectivity index (χ1v) is 8.51. The van der Waals surface area contributed by atoms with Crippen molar-refractivity contribution in [3.05, 3.63) is 66.0 Å². The summed E-state index contributed by atoms with van der Waals surface area (Å²) >= 11 is 0. The molecule has 0 N–H and O–H groups in total. The minimum Gasteiger partial charge on any atom is -0.494 e. The van der Waals surface area contributed by atoms with Crippen molar-refractivity contribution in [2.24, 2.45) is 0 Å². The molecule has 7 heteroatoms. The Morgan fingerprint density at radius 2 is 1.70 bits per heavy atom. The molecule has 0 aliphatic heterocycles. The van der Waals surface area contributed by atoms with Crippen LogP contribution in [-0.2, 0) is 4.79 Å². The van der Waals surface area contributed by atoms with E-state index < -0.39 is 24.4 Å². The number of carbonyl (C=O) groups excluding carboxylic acids is 1. The average molecular weight is 383 g/mol. The van der Waals surface area contributed by atoms with Crippen molar-refractivity contribution < 1.29 is 27.1 Å². The van der Waals surface area contributed by atoms with E-state index in [4.69, 9.17) is 4.74 Å². The number of alkyl halides is 3. The maximum Gasteiger partial charge on any atom is 0.396 e. The normalized spacial score (nSPS) is 12.5. The van der Waals surface area contributed by atoms with Gasteiger partial charge < -0.3 is 9.64 Å². The molecule has 27 heavy (non-hydrogen) atoms. The van der Waals surface area contributed by atoms with E-state index in [2.05, 4.69) is 0 Å². The summed E-state index contributed by atoms with van der Waals surface area (Å²) in [4.78, 5) is 13.5. The highest BCUT2D eigenvalue weighted by Crippen LogP contribution is 2.37. The molecule has 0 saturated heterocycles. The fourth-order valence-corrected chi connectivity index (χ4v) is 2.59. The first-order valence-electron chi connectivity index (χ1n) is 8.51. The SMILES string of the molecule is CN(CCCOc1ccc(F)cc1)C(=O)CC(c1ccccc1)C(F)(F)F. The van der Waals surface area contributed by atoms with Crippen LogP contribution < -0.4 is 4.74 Å². The molecule has 1 unspecified atom stereocenters. The monoisotopic (exact) mass is 383 g/mol. The first-order chi connectivity index (χ1) is 12.8. The summed E-state index contributed by atoms with van der Waals surface area (Å²) in [5.41, 5.74) is 0.0754. The summed E-state index contributed by atoms with van der Waals surface area (Å²) in [7, 11) is 1.47. The number of amides is 1. The molecule has 0 saturated carbocycles. The van der Waals surface area contributed by atoms with E-state index in [9.17, 15) is 22.4 Å². The van der Waals surface area contributed by atoms with Gasteiger partial charge in [-0.05, 0) is 36.2 Å². The summed E-state index contributed by atoms with van der Waals surface area (Å²) < 4.78 is 58.2. The van der Waals surface area contributed by atoms with Gasteiger partial charge in [0.15, 0.2) is 0 Å². The standard InChI is InChI=1S/C20H21F4NO2/c1-25(12-5-13-27-17-10-8-16(21)9-11-17)19(26)14-18(20(22,23)24)15-6-3-2-4-7-15/h2-4,6-11,18H,5,12-14H2,1H3. The Bertz CT molecular complexity index is 717. The lowest BCUT2D eigenvalue weighted by atomic mass is 9.94. The van der Waals surface area contributed by atoms with Crippen LogP contribution in [0.3, 0.4) is 0 Å². The number of nitrogens with zero attached hydrogens (tertiary/aromatic N) is 1. The molecule has 1 atom stereocenters. The molecular formula is C20H21F4NO2. The van der Waals surface area contributed by atoms with Crippen molar-refractivity contribution in [3.8, 4) is 5.75 Å². The van der Waals surface area contributed by atoms with Crippen LogP contribution in [0, 0.1) is 5.82 Å². The largest absolute Gasteiger partial charge is 0.494 e. The zero-order chi connectivity index (χ0) is 19.9. The molecule has 0 spiro atoms. The minimum absolute atomic E-state index is 0.0754. The molecule has 3 nitrogen and oxygen atoms in total. The smallest absolute Gasteiger partial charge is 0.396 e. The molecule has 0 aliphatic rings. The van der Waals surface area contributed by atoms with Gasteiger partial charge in [-0.25, -0.2) is 4.39 Å². The van der Waals surface area contributed by atoms with Gasteiger partial charge in [0.25, 0.3) is 0 Å². The van der Waals surface area contributed by atoms with Crippen LogP contribution in [0.15, 0.2) is 54.6 Å². The van der Waals surface area contributed by atoms with E-state index in [0.717, 1.165) is 0 Å². The molecule has 146 valence electrons. The van der Waals surface area contributed by atoms with Gasteiger partial charge in [-0.1, -0.05) is 30.3 Å². The molecule has 2 aromatic rings. The summed E-state index contributed by atoms with van der Waals surface area (Å²) in [5, 5.41) is 0. The van der Waals surface area contributed by atoms with Gasteiger partial charge in [0.1, 0.15) is 11.6 Å². The molecular weight excluding hydrogens is 362 g/mol. The summed E-state index contributed by atoms with van der Waals surface area (Å²) in [6, 6.07) is 12.9. The maximum atomic E-state index is 13.3. The lowest BCUT2D eigenvalue weighted by Gasteiger charge is -2.24. The third-order valence-electron chi connectivity index (χ3n) is 4.12. The fourth-order valence-electron chi connectivity index (χ4n) is 2.59. The van der Waals surface area contributed by atoms with E-state index in [0.29, 0.717) is 12.2 Å². The van der Waals surface area contributed by atoms with Crippen LogP contribution >= 0.6 is 0 Å². The Labute approximate surface area is 155 Å². The van der Waals surface area contributed by atoms with E-state index in [1.807, 2.05) is 0 Å². The number of hydrogen-bond donors (Lipinski definition) is 0. The van der Waals surface area contributed by atoms with E-state index in [1.165, 1.54) is 60.5 Å². The Morgan fingerprint density at radius 1 is 1.07 bits per heavy atom. The van der Waals surface area contributed by atoms with Crippen molar-refractivity contribution >= 4 is 5.91 Å². The van der Waals surface area contributed by atoms with Gasteiger partial charge >= 0.3 is 6.18 Å². The average Bonchev–Trinajstić information content (AvgIpc) is 2.64. The van der Waals surface area contributed by atoms with Gasteiger partial charge in [0, 0.05) is 20.0 Å². The summed E-state index contributed by atoms with van der Waals surface area (Å²) in [6.07, 6.45) is -4.69. The second kappa shape index (κ2) is 9.39. The molecule has 0 radical (unpaired) electrons. The maximum absolute atomic E-state index is 13.3. The van der Waals surface area contributed by atoms with E-state index in [-0.39, 0.29) is 24.5 Å². The lowest BCUT2D eigenvalue weighted by Crippen LogP contribution is -2.33. The molecule has 0 heterocycles. The highest BCUT2D eigenvalue weighted by Gasteiger charge is 2.42. The Balaban J connectivity index is 1.83. The van der Waals surface area contributed by atoms with Gasteiger partial charge in [0.2, 0.25) is 5.91 Å². The topological polar surface area (TPSA) is 29.5 Å². The zero-order valence-electron chi connectivity index (χ0n) is 14.9. The number of carbonyl (C=O) groups is 1. The molecule has 2 rings (SSSR count). The van der Waals surface area contributed by atoms with Crippen LogP contribution in [0.2, 0.25) is 0 Å². The van der Waals surface area contributed by atoms with Crippen LogP contribution in [0.25, 0.3) is 0 Å². The lowest BCUT2D eigenvalue weighted by molar-refractivity contribution is -0.160. The third kappa shape index (κ3) is 6.58. The molecule has 0 aliphatic carbocycles. The quantitative estimate of drug-likeness (QED) is 0.485. The minimum atomic E-state index is -4.50. The number of rotatable bonds is 8. The van der Waals surface area contributed by atoms with Crippen molar-refractivity contribution in [3.63, 3.8) is 0 Å². The second-order valence-corrected chi connectivity index (χ2v) is 6.18. The van der Waals surface area contributed by atoms with Gasteiger partial charge in [-0.3, -0.25) is 4.79 Å². The number of ether oxygens (including phenoxy) is 1. The van der Waals surface area contributed by atoms with Crippen molar-refractivity contribution in [1.29, 1.82) is 0 Å². The van der Waals surface area contributed by atoms with Crippen LogP contribution in [0.5, 0.6) is 5.75 Å². The Kier molecular flexibility index (Phi) is 7.21. The highest BCUT2D eigenvalue weighted by atomic mass is 19.4. The zero-order valence-corrected chi connectivity index (χ0v) is 14.9. The Hall–Kier alpha value is -2.57. The second-order valence-electron chi connectivity index (χ2n) is 6.18. The summed E-state index contributed by atoms with van der Waals surface area (Å²) in [5.74, 6) is -2.29. The molecule has 1 amide bonds.